The number of rotatable bonds is 9. The quantitative estimate of drug-likeness (QED) is 0.381. The summed E-state index contributed by atoms with van der Waals surface area (Å²) in [6.07, 6.45) is 5.46. The average molecular weight is 530 g/mol. The SMILES string of the molecule is COc1ccccc1C=CCN(CCN1CCN(C(=O)c2ccc(C(C)(C)C)cc2)CC1)C(=O)c1ccco1. The van der Waals surface area contributed by atoms with E-state index in [4.69, 9.17) is 9.15 Å². The first kappa shape index (κ1) is 28.2. The molecule has 0 aliphatic carbocycles. The van der Waals surface area contributed by atoms with E-state index in [1.165, 1.54) is 11.8 Å². The highest BCUT2D eigenvalue weighted by molar-refractivity contribution is 5.94. The minimum atomic E-state index is -0.141. The number of hydrogen-bond acceptors (Lipinski definition) is 5. The summed E-state index contributed by atoms with van der Waals surface area (Å²) in [5.74, 6) is 1.05. The van der Waals surface area contributed by atoms with E-state index >= 15 is 0 Å². The third kappa shape index (κ3) is 7.39. The van der Waals surface area contributed by atoms with Crippen LogP contribution in [-0.2, 0) is 5.41 Å². The van der Waals surface area contributed by atoms with Crippen LogP contribution in [0.5, 0.6) is 5.75 Å². The van der Waals surface area contributed by atoms with Crippen LogP contribution >= 0.6 is 0 Å². The summed E-state index contributed by atoms with van der Waals surface area (Å²) in [6, 6.07) is 19.2. The van der Waals surface area contributed by atoms with E-state index in [1.807, 2.05) is 53.5 Å². The zero-order valence-electron chi connectivity index (χ0n) is 23.4. The van der Waals surface area contributed by atoms with Gasteiger partial charge in [0.15, 0.2) is 5.76 Å². The van der Waals surface area contributed by atoms with Crippen molar-refractivity contribution in [1.82, 2.24) is 14.7 Å². The van der Waals surface area contributed by atoms with E-state index in [0.717, 1.165) is 36.5 Å². The predicted molar refractivity (Wildman–Crippen MR) is 154 cm³/mol. The number of benzene rings is 2. The van der Waals surface area contributed by atoms with Crippen molar-refractivity contribution >= 4 is 17.9 Å². The number of nitrogens with zero attached hydrogens (tertiary/aromatic N) is 3. The van der Waals surface area contributed by atoms with Crippen LogP contribution < -0.4 is 4.74 Å². The van der Waals surface area contributed by atoms with Gasteiger partial charge in [0.25, 0.3) is 11.8 Å². The number of para-hydroxylation sites is 1. The van der Waals surface area contributed by atoms with Crippen LogP contribution in [0, 0.1) is 0 Å². The fraction of sp³-hybridized carbons (Fsp3) is 0.375. The maximum atomic E-state index is 13.1. The van der Waals surface area contributed by atoms with Gasteiger partial charge >= 0.3 is 0 Å². The number of amides is 2. The standard InChI is InChI=1S/C32H39N3O4/c1-32(2,3)27-15-13-26(14-16-27)30(36)35-22-19-33(20-23-35)18-21-34(31(37)29-12-8-24-39-29)17-7-10-25-9-5-6-11-28(25)38-4/h5-16,24H,17-23H2,1-4H3. The third-order valence-electron chi connectivity index (χ3n) is 7.12. The van der Waals surface area contributed by atoms with Crippen molar-refractivity contribution in [2.75, 3.05) is 52.9 Å². The Morgan fingerprint density at radius 3 is 2.33 bits per heavy atom. The minimum absolute atomic E-state index is 0.0591. The number of methoxy groups -OCH3 is 1. The molecule has 0 unspecified atom stereocenters. The van der Waals surface area contributed by atoms with E-state index in [0.29, 0.717) is 31.9 Å². The molecule has 206 valence electrons. The zero-order valence-corrected chi connectivity index (χ0v) is 23.4. The summed E-state index contributed by atoms with van der Waals surface area (Å²) < 4.78 is 10.8. The normalized spacial score (nSPS) is 14.5. The van der Waals surface area contributed by atoms with Gasteiger partial charge in [-0.2, -0.15) is 0 Å². The van der Waals surface area contributed by atoms with Gasteiger partial charge in [0.05, 0.1) is 13.4 Å². The smallest absolute Gasteiger partial charge is 0.289 e. The molecular formula is C32H39N3O4. The molecule has 0 bridgehead atoms. The summed E-state index contributed by atoms with van der Waals surface area (Å²) in [6.45, 7) is 11.1. The van der Waals surface area contributed by atoms with Crippen LogP contribution in [0.1, 0.15) is 52.8 Å². The van der Waals surface area contributed by atoms with E-state index in [9.17, 15) is 9.59 Å². The van der Waals surface area contributed by atoms with Crippen molar-refractivity contribution < 1.29 is 18.7 Å². The van der Waals surface area contributed by atoms with E-state index in [2.05, 4.69) is 37.8 Å². The maximum absolute atomic E-state index is 13.1. The Kier molecular flexibility index (Phi) is 9.25. The lowest BCUT2D eigenvalue weighted by atomic mass is 9.86. The first-order valence-corrected chi connectivity index (χ1v) is 13.5. The Morgan fingerprint density at radius 2 is 1.69 bits per heavy atom. The number of furan rings is 1. The summed E-state index contributed by atoms with van der Waals surface area (Å²) in [4.78, 5) is 32.2. The molecule has 4 rings (SSSR count). The summed E-state index contributed by atoms with van der Waals surface area (Å²) >= 11 is 0. The molecule has 0 N–H and O–H groups in total. The molecule has 39 heavy (non-hydrogen) atoms. The van der Waals surface area contributed by atoms with Crippen molar-refractivity contribution in [3.05, 3.63) is 95.5 Å². The molecule has 0 saturated carbocycles. The molecule has 2 heterocycles. The zero-order chi connectivity index (χ0) is 27.8. The van der Waals surface area contributed by atoms with Gasteiger partial charge in [0.1, 0.15) is 5.75 Å². The monoisotopic (exact) mass is 529 g/mol. The molecule has 1 aromatic heterocycles. The number of carbonyl (C=O) groups is 2. The fourth-order valence-electron chi connectivity index (χ4n) is 4.67. The summed E-state index contributed by atoms with van der Waals surface area (Å²) in [5, 5.41) is 0. The minimum Gasteiger partial charge on any atom is -0.496 e. The number of carbonyl (C=O) groups excluding carboxylic acids is 2. The molecule has 1 aliphatic rings. The molecule has 1 aliphatic heterocycles. The molecule has 0 radical (unpaired) electrons. The van der Waals surface area contributed by atoms with Gasteiger partial charge in [-0.3, -0.25) is 14.5 Å². The second kappa shape index (κ2) is 12.8. The van der Waals surface area contributed by atoms with Crippen molar-refractivity contribution in [2.24, 2.45) is 0 Å². The number of piperazine rings is 1. The van der Waals surface area contributed by atoms with Crippen LogP contribution in [0.25, 0.3) is 6.08 Å². The Morgan fingerprint density at radius 1 is 0.974 bits per heavy atom. The Balaban J connectivity index is 1.33. The Labute approximate surface area is 231 Å². The largest absolute Gasteiger partial charge is 0.496 e. The van der Waals surface area contributed by atoms with Crippen LogP contribution in [0.4, 0.5) is 0 Å². The van der Waals surface area contributed by atoms with Crippen molar-refractivity contribution in [3.63, 3.8) is 0 Å². The molecular weight excluding hydrogens is 490 g/mol. The summed E-state index contributed by atoms with van der Waals surface area (Å²) in [5.41, 5.74) is 2.96. The van der Waals surface area contributed by atoms with E-state index in [-0.39, 0.29) is 17.2 Å². The molecule has 7 nitrogen and oxygen atoms in total. The van der Waals surface area contributed by atoms with Gasteiger partial charge in [-0.1, -0.05) is 63.3 Å². The highest BCUT2D eigenvalue weighted by Crippen LogP contribution is 2.23. The van der Waals surface area contributed by atoms with Crippen LogP contribution in [-0.4, -0.2) is 79.4 Å². The lowest BCUT2D eigenvalue weighted by Crippen LogP contribution is -2.50. The fourth-order valence-corrected chi connectivity index (χ4v) is 4.67. The number of ether oxygens (including phenoxy) is 1. The highest BCUT2D eigenvalue weighted by atomic mass is 16.5. The van der Waals surface area contributed by atoms with Gasteiger partial charge in [0, 0.05) is 56.9 Å². The molecule has 3 aromatic rings. The molecule has 2 amide bonds. The maximum Gasteiger partial charge on any atom is 0.289 e. The Bertz CT molecular complexity index is 1250. The van der Waals surface area contributed by atoms with Crippen molar-refractivity contribution in [1.29, 1.82) is 0 Å². The summed E-state index contributed by atoms with van der Waals surface area (Å²) in [7, 11) is 1.65. The third-order valence-corrected chi connectivity index (χ3v) is 7.12. The van der Waals surface area contributed by atoms with Gasteiger partial charge in [0.2, 0.25) is 0 Å². The van der Waals surface area contributed by atoms with Crippen molar-refractivity contribution in [3.8, 4) is 5.75 Å². The molecule has 2 aromatic carbocycles. The Hall–Kier alpha value is -3.84. The van der Waals surface area contributed by atoms with Crippen LogP contribution in [0.3, 0.4) is 0 Å². The van der Waals surface area contributed by atoms with Crippen LogP contribution in [0.15, 0.2) is 77.4 Å². The molecule has 1 fully saturated rings. The van der Waals surface area contributed by atoms with E-state index < -0.39 is 0 Å². The lowest BCUT2D eigenvalue weighted by Gasteiger charge is -2.35. The lowest BCUT2D eigenvalue weighted by molar-refractivity contribution is 0.0603. The average Bonchev–Trinajstić information content (AvgIpc) is 3.49. The molecule has 0 atom stereocenters. The molecule has 7 heteroatoms. The highest BCUT2D eigenvalue weighted by Gasteiger charge is 2.24. The van der Waals surface area contributed by atoms with Crippen LogP contribution in [0.2, 0.25) is 0 Å². The second-order valence-electron chi connectivity index (χ2n) is 10.8. The van der Waals surface area contributed by atoms with Crippen molar-refractivity contribution in [2.45, 2.75) is 26.2 Å². The molecule has 0 spiro atoms. The topological polar surface area (TPSA) is 66.2 Å². The second-order valence-corrected chi connectivity index (χ2v) is 10.8. The van der Waals surface area contributed by atoms with E-state index in [1.54, 1.807) is 24.1 Å². The first-order chi connectivity index (χ1) is 18.8. The predicted octanol–water partition coefficient (Wildman–Crippen LogP) is 5.20. The first-order valence-electron chi connectivity index (χ1n) is 13.5. The van der Waals surface area contributed by atoms with Gasteiger partial charge in [-0.05, 0) is 41.3 Å². The van der Waals surface area contributed by atoms with Gasteiger partial charge in [-0.15, -0.1) is 0 Å². The van der Waals surface area contributed by atoms with Gasteiger partial charge < -0.3 is 19.0 Å². The van der Waals surface area contributed by atoms with Gasteiger partial charge in [-0.25, -0.2) is 0 Å². The number of hydrogen-bond donors (Lipinski definition) is 0. The molecule has 1 saturated heterocycles.